The lowest BCUT2D eigenvalue weighted by Crippen LogP contribution is -2.44. The summed E-state index contributed by atoms with van der Waals surface area (Å²) in [5.41, 5.74) is 3.53. The first kappa shape index (κ1) is 38.3. The van der Waals surface area contributed by atoms with Gasteiger partial charge in [-0.25, -0.2) is 14.4 Å². The minimum Gasteiger partial charge on any atom is -0.465 e. The van der Waals surface area contributed by atoms with Crippen LogP contribution in [-0.4, -0.2) is 68.2 Å². The summed E-state index contributed by atoms with van der Waals surface area (Å²) in [6, 6.07) is 12.0. The van der Waals surface area contributed by atoms with Gasteiger partial charge in [-0.3, -0.25) is 14.5 Å². The molecule has 10 nitrogen and oxygen atoms in total. The highest BCUT2D eigenvalue weighted by Gasteiger charge is 2.25. The molecule has 2 aromatic carbocycles. The van der Waals surface area contributed by atoms with Gasteiger partial charge in [-0.15, -0.1) is 10.7 Å². The van der Waals surface area contributed by atoms with Gasteiger partial charge in [-0.05, 0) is 89.1 Å². The Labute approximate surface area is 306 Å². The van der Waals surface area contributed by atoms with Gasteiger partial charge in [0.2, 0.25) is 0 Å². The van der Waals surface area contributed by atoms with Crippen molar-refractivity contribution in [1.82, 2.24) is 24.8 Å². The van der Waals surface area contributed by atoms with Crippen molar-refractivity contribution < 1.29 is 18.7 Å². The smallest absolute Gasteiger partial charge is 0.274 e. The second-order valence-corrected chi connectivity index (χ2v) is 16.9. The van der Waals surface area contributed by atoms with Gasteiger partial charge in [-0.1, -0.05) is 30.4 Å². The summed E-state index contributed by atoms with van der Waals surface area (Å²) in [6.45, 7) is 13.8. The highest BCUT2D eigenvalue weighted by atomic mass is 32.2. The number of aryl methyl sites for hydroxylation is 1. The molecule has 0 saturated heterocycles. The number of aromatic nitrogens is 3. The van der Waals surface area contributed by atoms with Crippen molar-refractivity contribution in [3.05, 3.63) is 81.9 Å². The summed E-state index contributed by atoms with van der Waals surface area (Å²) in [5, 5.41) is 12.6. The highest BCUT2D eigenvalue weighted by Crippen LogP contribution is 2.32. The maximum atomic E-state index is 14.3. The number of ether oxygens (including phenoxy) is 2. The molecule has 5 rings (SSSR count). The van der Waals surface area contributed by atoms with E-state index in [4.69, 9.17) is 24.5 Å². The van der Waals surface area contributed by atoms with Crippen LogP contribution < -0.4 is 10.1 Å². The molecule has 0 aliphatic carbocycles. The lowest BCUT2D eigenvalue weighted by Gasteiger charge is -2.29. The standard InChI is InChI=1S/C38H48FN7O3S2/c1-7-38(4,5)49-18-14-37(2,3)44-35(47)28-10-11-31-32(21-28)46(17-19-51(6)41)34(43-31)24-45-15-12-27(13-16-45)33-23-42-36(50-33)48-25-29-9-8-26(22-40)20-30(29)39/h8-12,20-21,23,41H,7,13-19,24-25H2,1-6H3,(H,44,47). The van der Waals surface area contributed by atoms with Crippen LogP contribution in [0.1, 0.15) is 86.1 Å². The monoisotopic (exact) mass is 733 g/mol. The van der Waals surface area contributed by atoms with Gasteiger partial charge in [0.25, 0.3) is 11.1 Å². The maximum Gasteiger partial charge on any atom is 0.274 e. The minimum absolute atomic E-state index is 0.0368. The van der Waals surface area contributed by atoms with Crippen molar-refractivity contribution in [2.45, 2.75) is 84.7 Å². The summed E-state index contributed by atoms with van der Waals surface area (Å²) >= 11 is 1.44. The second kappa shape index (κ2) is 16.6. The molecular formula is C38H48FN7O3S2. The second-order valence-electron chi connectivity index (χ2n) is 14.2. The third-order valence-corrected chi connectivity index (χ3v) is 11.0. The maximum absolute atomic E-state index is 14.3. The fraction of sp³-hybridized carbons (Fsp3) is 0.474. The number of nitrogens with one attached hydrogen (secondary N) is 2. The summed E-state index contributed by atoms with van der Waals surface area (Å²) in [5.74, 6) is 1.02. The number of amides is 1. The Balaban J connectivity index is 1.24. The lowest BCUT2D eigenvalue weighted by atomic mass is 9.99. The molecule has 51 heavy (non-hydrogen) atoms. The topological polar surface area (TPSA) is 129 Å². The fourth-order valence-electron chi connectivity index (χ4n) is 5.66. The fourth-order valence-corrected chi connectivity index (χ4v) is 6.95. The zero-order chi connectivity index (χ0) is 36.8. The van der Waals surface area contributed by atoms with E-state index in [1.54, 1.807) is 18.3 Å². The largest absolute Gasteiger partial charge is 0.465 e. The molecule has 4 aromatic rings. The van der Waals surface area contributed by atoms with Crippen molar-refractivity contribution >= 4 is 44.5 Å². The van der Waals surface area contributed by atoms with Crippen LogP contribution >= 0.6 is 11.3 Å². The molecule has 0 radical (unpaired) electrons. The van der Waals surface area contributed by atoms with Crippen LogP contribution in [0.5, 0.6) is 5.19 Å². The number of imidazole rings is 1. The van der Waals surface area contributed by atoms with Crippen LogP contribution in [0.4, 0.5) is 4.39 Å². The van der Waals surface area contributed by atoms with E-state index in [9.17, 15) is 9.18 Å². The molecule has 2 aromatic heterocycles. The molecule has 1 aliphatic heterocycles. The van der Waals surface area contributed by atoms with E-state index in [1.807, 2.05) is 44.4 Å². The van der Waals surface area contributed by atoms with Crippen molar-refractivity contribution in [3.63, 3.8) is 0 Å². The Morgan fingerprint density at radius 1 is 1.22 bits per heavy atom. The number of benzene rings is 2. The molecule has 0 bridgehead atoms. The number of carbonyl (C=O) groups excluding carboxylic acids is 1. The van der Waals surface area contributed by atoms with Crippen LogP contribution in [0, 0.1) is 21.9 Å². The van der Waals surface area contributed by atoms with E-state index >= 15 is 0 Å². The number of hydrogen-bond donors (Lipinski definition) is 2. The summed E-state index contributed by atoms with van der Waals surface area (Å²) in [6.07, 6.45) is 8.37. The Kier molecular flexibility index (Phi) is 12.4. The van der Waals surface area contributed by atoms with E-state index < -0.39 is 22.0 Å². The number of thiazole rings is 1. The van der Waals surface area contributed by atoms with Crippen LogP contribution in [0.25, 0.3) is 16.6 Å². The Morgan fingerprint density at radius 2 is 2.02 bits per heavy atom. The molecule has 272 valence electrons. The number of nitriles is 1. The molecule has 1 aliphatic rings. The molecule has 0 fully saturated rings. The van der Waals surface area contributed by atoms with E-state index in [1.165, 1.54) is 23.0 Å². The first-order valence-electron chi connectivity index (χ1n) is 17.2. The SMILES string of the molecule is CCC(C)(C)OCCC(C)(C)NC(=O)c1ccc2nc(CN3CC=C(c4cnc(OCc5ccc(C#N)cc5F)s4)CC3)n(CCS(C)=N)c2c1. The van der Waals surface area contributed by atoms with E-state index in [0.717, 1.165) is 47.7 Å². The number of fused-ring (bicyclic) bond motifs is 1. The van der Waals surface area contributed by atoms with Gasteiger partial charge in [0.1, 0.15) is 18.2 Å². The molecule has 0 spiro atoms. The number of carbonyl (C=O) groups is 1. The number of halogens is 1. The van der Waals surface area contributed by atoms with Gasteiger partial charge in [0, 0.05) is 54.9 Å². The average molecular weight is 734 g/mol. The lowest BCUT2D eigenvalue weighted by molar-refractivity contribution is -0.0271. The molecule has 0 saturated carbocycles. The predicted molar refractivity (Wildman–Crippen MR) is 203 cm³/mol. The van der Waals surface area contributed by atoms with Crippen molar-refractivity contribution in [2.75, 3.05) is 31.7 Å². The highest BCUT2D eigenvalue weighted by molar-refractivity contribution is 7.85. The van der Waals surface area contributed by atoms with Gasteiger partial charge in [0.05, 0.1) is 39.7 Å². The minimum atomic E-state index is -0.494. The number of hydrogen-bond acceptors (Lipinski definition) is 9. The van der Waals surface area contributed by atoms with Crippen LogP contribution in [0.2, 0.25) is 0 Å². The summed E-state index contributed by atoms with van der Waals surface area (Å²) in [7, 11) is -0.494. The summed E-state index contributed by atoms with van der Waals surface area (Å²) in [4.78, 5) is 26.2. The van der Waals surface area contributed by atoms with Gasteiger partial charge < -0.3 is 19.4 Å². The van der Waals surface area contributed by atoms with Crippen LogP contribution in [0.3, 0.4) is 0 Å². The molecule has 1 atom stereocenters. The number of nitrogens with zero attached hydrogens (tertiary/aromatic N) is 5. The van der Waals surface area contributed by atoms with Crippen molar-refractivity contribution in [3.8, 4) is 11.3 Å². The van der Waals surface area contributed by atoms with Crippen LogP contribution in [0.15, 0.2) is 48.7 Å². The Bertz CT molecular complexity index is 1960. The Hall–Kier alpha value is -3.96. The molecule has 3 heterocycles. The third kappa shape index (κ3) is 10.3. The van der Waals surface area contributed by atoms with E-state index in [0.29, 0.717) is 48.2 Å². The van der Waals surface area contributed by atoms with E-state index in [-0.39, 0.29) is 23.7 Å². The molecule has 2 N–H and O–H groups in total. The predicted octanol–water partition coefficient (Wildman–Crippen LogP) is 7.49. The Morgan fingerprint density at radius 3 is 2.71 bits per heavy atom. The zero-order valence-corrected chi connectivity index (χ0v) is 32.0. The van der Waals surface area contributed by atoms with Gasteiger partial charge in [-0.2, -0.15) is 5.26 Å². The molecular weight excluding hydrogens is 686 g/mol. The van der Waals surface area contributed by atoms with Crippen molar-refractivity contribution in [1.29, 1.82) is 10.0 Å². The molecule has 1 amide bonds. The quantitative estimate of drug-likeness (QED) is 0.122. The van der Waals surface area contributed by atoms with E-state index in [2.05, 4.69) is 46.6 Å². The third-order valence-electron chi connectivity index (χ3n) is 9.23. The normalized spacial score (nSPS) is 14.7. The first-order chi connectivity index (χ1) is 24.3. The number of rotatable bonds is 16. The summed E-state index contributed by atoms with van der Waals surface area (Å²) < 4.78 is 36.4. The average Bonchev–Trinajstić information content (AvgIpc) is 3.70. The van der Waals surface area contributed by atoms with Crippen molar-refractivity contribution in [2.24, 2.45) is 0 Å². The van der Waals surface area contributed by atoms with Gasteiger partial charge >= 0.3 is 0 Å². The first-order valence-corrected chi connectivity index (χ1v) is 19.9. The molecule has 1 unspecified atom stereocenters. The van der Waals surface area contributed by atoms with Crippen LogP contribution in [-0.2, 0) is 35.1 Å². The van der Waals surface area contributed by atoms with Gasteiger partial charge in [0.15, 0.2) is 0 Å². The zero-order valence-electron chi connectivity index (χ0n) is 30.3. The molecule has 13 heteroatoms.